The fourth-order valence-corrected chi connectivity index (χ4v) is 1.98. The first-order valence-corrected chi connectivity index (χ1v) is 9.02. The minimum Gasteiger partial charge on any atom is -0.481 e. The second kappa shape index (κ2) is 15.5. The van der Waals surface area contributed by atoms with E-state index in [1.54, 1.807) is 26.0 Å². The summed E-state index contributed by atoms with van der Waals surface area (Å²) >= 11 is 7.92. The van der Waals surface area contributed by atoms with Crippen LogP contribution in [0, 0.1) is 0 Å². The number of Topliss-reactive ketones (excluding diaryl/α,β-unsaturated/α-hetero) is 1. The Labute approximate surface area is 167 Å². The van der Waals surface area contributed by atoms with E-state index in [1.807, 2.05) is 17.0 Å². The molecule has 0 atom stereocenters. The second-order valence-electron chi connectivity index (χ2n) is 5.27. The number of nitrogens with zero attached hydrogens (tertiary/aromatic N) is 1. The van der Waals surface area contributed by atoms with Crippen LogP contribution >= 0.6 is 27.5 Å². The van der Waals surface area contributed by atoms with Crippen LogP contribution < -0.4 is 0 Å². The highest BCUT2D eigenvalue weighted by molar-refractivity contribution is 9.10. The molecule has 0 saturated carbocycles. The Morgan fingerprint density at radius 1 is 0.962 bits per heavy atom. The number of ketones is 1. The lowest BCUT2D eigenvalue weighted by molar-refractivity contribution is -0.134. The third-order valence-corrected chi connectivity index (χ3v) is 3.33. The zero-order chi connectivity index (χ0) is 20.7. The smallest absolute Gasteiger partial charge is 0.300 e. The summed E-state index contributed by atoms with van der Waals surface area (Å²) in [5.74, 6) is -0.505. The Balaban J connectivity index is 0. The Hall–Kier alpha value is -1.73. The number of hydrogen-bond donors (Lipinski definition) is 1. The van der Waals surface area contributed by atoms with Gasteiger partial charge in [0.25, 0.3) is 5.97 Å². The highest BCUT2D eigenvalue weighted by Crippen LogP contribution is 2.10. The predicted molar refractivity (Wildman–Crippen MR) is 105 cm³/mol. The van der Waals surface area contributed by atoms with Crippen LogP contribution in [0.5, 0.6) is 0 Å². The number of benzene rings is 1. The largest absolute Gasteiger partial charge is 0.481 e. The van der Waals surface area contributed by atoms with Crippen molar-refractivity contribution >= 4 is 50.4 Å². The minimum absolute atomic E-state index is 0.104. The van der Waals surface area contributed by atoms with Crippen molar-refractivity contribution in [1.82, 2.24) is 4.90 Å². The lowest BCUT2D eigenvalue weighted by Gasteiger charge is -2.10. The number of hydrogen-bond acceptors (Lipinski definition) is 4. The molecule has 6 nitrogen and oxygen atoms in total. The van der Waals surface area contributed by atoms with E-state index in [0.29, 0.717) is 0 Å². The Kier molecular flexibility index (Phi) is 15.8. The van der Waals surface area contributed by atoms with Gasteiger partial charge >= 0.3 is 0 Å². The van der Waals surface area contributed by atoms with Gasteiger partial charge in [-0.15, -0.1) is 0 Å². The Morgan fingerprint density at radius 3 is 1.54 bits per heavy atom. The molecule has 2 rings (SSSR count). The number of likely N-dealkylation sites (tertiary alicyclic amines) is 1. The molecule has 1 aromatic carbocycles. The summed E-state index contributed by atoms with van der Waals surface area (Å²) < 4.78 is 0.998. The molecule has 1 amide bonds. The van der Waals surface area contributed by atoms with E-state index in [4.69, 9.17) is 9.90 Å². The Bertz CT molecular complexity index is 564. The van der Waals surface area contributed by atoms with Crippen LogP contribution in [0.1, 0.15) is 50.9 Å². The number of rotatable bonds is 1. The molecule has 1 aliphatic heterocycles. The Morgan fingerprint density at radius 2 is 1.31 bits per heavy atom. The van der Waals surface area contributed by atoms with Crippen LogP contribution in [0.15, 0.2) is 28.7 Å². The van der Waals surface area contributed by atoms with E-state index < -0.39 is 5.97 Å². The minimum atomic E-state index is -0.833. The molecule has 1 heterocycles. The second-order valence-corrected chi connectivity index (χ2v) is 6.71. The van der Waals surface area contributed by atoms with Gasteiger partial charge in [0.15, 0.2) is 5.78 Å². The molecular formula is C18H25BrClNO5. The van der Waals surface area contributed by atoms with Gasteiger partial charge in [-0.3, -0.25) is 19.2 Å². The average molecular weight is 451 g/mol. The maximum atomic E-state index is 10.7. The molecule has 1 aliphatic rings. The van der Waals surface area contributed by atoms with Crippen molar-refractivity contribution in [3.05, 3.63) is 34.3 Å². The summed E-state index contributed by atoms with van der Waals surface area (Å²) in [5, 5.41) is 7.06. The number of halogens is 2. The van der Waals surface area contributed by atoms with Crippen molar-refractivity contribution in [3.8, 4) is 0 Å². The first-order chi connectivity index (χ1) is 12.0. The summed E-state index contributed by atoms with van der Waals surface area (Å²) in [4.78, 5) is 41.4. The van der Waals surface area contributed by atoms with Gasteiger partial charge in [0.05, 0.1) is 0 Å². The molecule has 26 heavy (non-hydrogen) atoms. The maximum Gasteiger partial charge on any atom is 0.300 e. The number of carbonyl (C=O) groups is 4. The van der Waals surface area contributed by atoms with E-state index >= 15 is 0 Å². The molecule has 8 heteroatoms. The molecule has 146 valence electrons. The van der Waals surface area contributed by atoms with Crippen molar-refractivity contribution in [3.63, 3.8) is 0 Å². The summed E-state index contributed by atoms with van der Waals surface area (Å²) in [6.07, 6.45) is 2.39. The molecular weight excluding hydrogens is 426 g/mol. The zero-order valence-corrected chi connectivity index (χ0v) is 17.8. The summed E-state index contributed by atoms with van der Waals surface area (Å²) in [5.41, 5.74) is 0.753. The van der Waals surface area contributed by atoms with Gasteiger partial charge in [0.1, 0.15) is 0 Å². The standard InChI is InChI=1S/C8H7BrO.C6H11NO.C2H3ClO.C2H4O2/c1-6(10)7-2-4-8(9)5-3-7;1-6(8)7-4-2-3-5-7;2*1-2(3)4/h2-5H,1H3;2-5H2,1H3;1H3;1H3,(H,3,4). The van der Waals surface area contributed by atoms with Crippen molar-refractivity contribution in [2.75, 3.05) is 13.1 Å². The number of carboxylic acids is 1. The van der Waals surface area contributed by atoms with Crippen molar-refractivity contribution in [2.45, 2.75) is 40.5 Å². The molecule has 1 aromatic rings. The van der Waals surface area contributed by atoms with E-state index in [-0.39, 0.29) is 16.9 Å². The molecule has 1 saturated heterocycles. The van der Waals surface area contributed by atoms with Crippen molar-refractivity contribution in [2.24, 2.45) is 0 Å². The third-order valence-electron chi connectivity index (χ3n) is 2.80. The molecule has 1 N–H and O–H groups in total. The number of amides is 1. The first-order valence-electron chi connectivity index (χ1n) is 7.85. The summed E-state index contributed by atoms with van der Waals surface area (Å²) in [6, 6.07) is 7.31. The van der Waals surface area contributed by atoms with Crippen LogP contribution in [-0.4, -0.2) is 46.0 Å². The van der Waals surface area contributed by atoms with Crippen molar-refractivity contribution < 1.29 is 24.3 Å². The van der Waals surface area contributed by atoms with Gasteiger partial charge in [-0.1, -0.05) is 28.1 Å². The van der Waals surface area contributed by atoms with Gasteiger partial charge in [-0.25, -0.2) is 0 Å². The average Bonchev–Trinajstić information content (AvgIpc) is 3.01. The molecule has 0 aromatic heterocycles. The van der Waals surface area contributed by atoms with Crippen LogP contribution in [0.25, 0.3) is 0 Å². The molecule has 0 radical (unpaired) electrons. The highest BCUT2D eigenvalue weighted by atomic mass is 79.9. The molecule has 1 fully saturated rings. The SMILES string of the molecule is CC(=O)Cl.CC(=O)N1CCCC1.CC(=O)O.CC(=O)c1ccc(Br)cc1. The van der Waals surface area contributed by atoms with Gasteiger partial charge in [0, 0.05) is 43.9 Å². The van der Waals surface area contributed by atoms with Crippen LogP contribution in [0.2, 0.25) is 0 Å². The quantitative estimate of drug-likeness (QED) is 0.513. The summed E-state index contributed by atoms with van der Waals surface area (Å²) in [6.45, 7) is 7.53. The van der Waals surface area contributed by atoms with E-state index in [9.17, 15) is 14.4 Å². The van der Waals surface area contributed by atoms with Gasteiger partial charge in [-0.05, 0) is 43.5 Å². The monoisotopic (exact) mass is 449 g/mol. The summed E-state index contributed by atoms with van der Waals surface area (Å²) in [7, 11) is 0. The van der Waals surface area contributed by atoms with E-state index in [0.717, 1.165) is 30.0 Å². The molecule has 0 spiro atoms. The number of aliphatic carboxylic acids is 1. The van der Waals surface area contributed by atoms with Gasteiger partial charge in [-0.2, -0.15) is 0 Å². The first kappa shape index (κ1) is 26.5. The van der Waals surface area contributed by atoms with E-state index in [2.05, 4.69) is 27.5 Å². The molecule has 0 unspecified atom stereocenters. The van der Waals surface area contributed by atoms with Gasteiger partial charge < -0.3 is 10.0 Å². The van der Waals surface area contributed by atoms with E-state index in [1.165, 1.54) is 19.8 Å². The number of carboxylic acid groups (broad SMARTS) is 1. The van der Waals surface area contributed by atoms with Crippen LogP contribution in [-0.2, 0) is 14.4 Å². The fraction of sp³-hybridized carbons (Fsp3) is 0.444. The lowest BCUT2D eigenvalue weighted by Crippen LogP contribution is -2.24. The van der Waals surface area contributed by atoms with Crippen LogP contribution in [0.3, 0.4) is 0 Å². The van der Waals surface area contributed by atoms with Gasteiger partial charge in [0.2, 0.25) is 11.1 Å². The molecule has 0 bridgehead atoms. The third kappa shape index (κ3) is 18.6. The maximum absolute atomic E-state index is 10.7. The lowest BCUT2D eigenvalue weighted by atomic mass is 10.2. The number of carbonyl (C=O) groups excluding carboxylic acids is 3. The topological polar surface area (TPSA) is 91.8 Å². The fourth-order valence-electron chi connectivity index (χ4n) is 1.72. The zero-order valence-electron chi connectivity index (χ0n) is 15.4. The van der Waals surface area contributed by atoms with Crippen molar-refractivity contribution in [1.29, 1.82) is 0 Å². The van der Waals surface area contributed by atoms with Crippen LogP contribution in [0.4, 0.5) is 0 Å². The normalized spacial score (nSPS) is 11.5. The predicted octanol–water partition coefficient (Wildman–Crippen LogP) is 4.14. The molecule has 0 aliphatic carbocycles. The highest BCUT2D eigenvalue weighted by Gasteiger charge is 2.12.